The van der Waals surface area contributed by atoms with Crippen molar-refractivity contribution in [2.45, 2.75) is 6.92 Å². The van der Waals surface area contributed by atoms with Crippen LogP contribution < -0.4 is 10.2 Å². The van der Waals surface area contributed by atoms with Crippen LogP contribution >= 0.6 is 11.3 Å². The predicted molar refractivity (Wildman–Crippen MR) is 103 cm³/mol. The van der Waals surface area contributed by atoms with Crippen molar-refractivity contribution in [1.29, 1.82) is 0 Å². The second-order valence-electron chi connectivity index (χ2n) is 5.42. The van der Waals surface area contributed by atoms with Crippen molar-refractivity contribution in [2.24, 2.45) is 5.10 Å². The Morgan fingerprint density at radius 3 is 2.93 bits per heavy atom. The van der Waals surface area contributed by atoms with Crippen molar-refractivity contribution in [2.75, 3.05) is 6.61 Å². The number of carbonyl (C=O) groups is 1. The van der Waals surface area contributed by atoms with E-state index in [1.807, 2.05) is 0 Å². The Bertz CT molecular complexity index is 1040. The highest BCUT2D eigenvalue weighted by atomic mass is 32.1. The molecule has 0 atom stereocenters. The van der Waals surface area contributed by atoms with Gasteiger partial charge in [-0.15, -0.1) is 11.3 Å². The molecule has 138 valence electrons. The molecule has 3 rings (SSSR count). The highest BCUT2D eigenvalue weighted by Crippen LogP contribution is 2.29. The van der Waals surface area contributed by atoms with E-state index in [9.17, 15) is 20.0 Å². The Morgan fingerprint density at radius 1 is 1.37 bits per heavy atom. The number of thiophene rings is 1. The molecule has 9 heteroatoms. The quantitative estimate of drug-likeness (QED) is 0.382. The van der Waals surface area contributed by atoms with E-state index in [0.717, 1.165) is 4.70 Å². The highest BCUT2D eigenvalue weighted by molar-refractivity contribution is 7.20. The van der Waals surface area contributed by atoms with Crippen molar-refractivity contribution in [1.82, 2.24) is 5.43 Å². The molecule has 3 aromatic rings. The molecular formula is C18H15N3O5S. The standard InChI is InChI=1S/C18H15N3O5S/c1-2-26-14-5-3-4-11(17(14)22)10-19-20-18(23)16-9-12-8-13(21(24)25)6-7-15(12)27-16/h3-10,22H,2H2,1H3,(H,20,23). The first-order valence-electron chi connectivity index (χ1n) is 7.95. The predicted octanol–water partition coefficient (Wildman–Crippen LogP) is 3.68. The molecule has 0 saturated heterocycles. The Morgan fingerprint density at radius 2 is 2.19 bits per heavy atom. The first-order chi connectivity index (χ1) is 13.0. The number of ether oxygens (including phenoxy) is 1. The van der Waals surface area contributed by atoms with Gasteiger partial charge in [0, 0.05) is 27.8 Å². The number of hydrazone groups is 1. The number of nitrogens with zero attached hydrogens (tertiary/aromatic N) is 2. The summed E-state index contributed by atoms with van der Waals surface area (Å²) in [5.41, 5.74) is 2.74. The van der Waals surface area contributed by atoms with Crippen molar-refractivity contribution in [3.8, 4) is 11.5 Å². The van der Waals surface area contributed by atoms with Crippen LogP contribution in [-0.4, -0.2) is 28.8 Å². The van der Waals surface area contributed by atoms with E-state index >= 15 is 0 Å². The zero-order valence-corrected chi connectivity index (χ0v) is 15.0. The Balaban J connectivity index is 1.74. The monoisotopic (exact) mass is 385 g/mol. The Labute approximate surface area is 157 Å². The number of rotatable bonds is 6. The lowest BCUT2D eigenvalue weighted by atomic mass is 10.2. The average Bonchev–Trinajstić information content (AvgIpc) is 3.08. The lowest BCUT2D eigenvalue weighted by Crippen LogP contribution is -2.16. The number of phenolic OH excluding ortho intramolecular Hbond substituents is 1. The van der Waals surface area contributed by atoms with Gasteiger partial charge in [-0.05, 0) is 31.2 Å². The van der Waals surface area contributed by atoms with Crippen LogP contribution in [0.1, 0.15) is 22.2 Å². The number of amides is 1. The zero-order valence-electron chi connectivity index (χ0n) is 14.2. The average molecular weight is 385 g/mol. The van der Waals surface area contributed by atoms with Crippen LogP contribution in [0.2, 0.25) is 0 Å². The number of nitro benzene ring substituents is 1. The van der Waals surface area contributed by atoms with Gasteiger partial charge in [-0.25, -0.2) is 5.43 Å². The van der Waals surface area contributed by atoms with E-state index in [1.54, 1.807) is 37.3 Å². The number of benzene rings is 2. The molecule has 0 saturated carbocycles. The molecule has 0 fully saturated rings. The first-order valence-corrected chi connectivity index (χ1v) is 8.77. The largest absolute Gasteiger partial charge is 0.504 e. The molecule has 1 amide bonds. The molecule has 0 spiro atoms. The normalized spacial score (nSPS) is 11.0. The topological polar surface area (TPSA) is 114 Å². The molecule has 2 aromatic carbocycles. The van der Waals surface area contributed by atoms with E-state index in [2.05, 4.69) is 10.5 Å². The van der Waals surface area contributed by atoms with Gasteiger partial charge in [0.25, 0.3) is 11.6 Å². The summed E-state index contributed by atoms with van der Waals surface area (Å²) in [7, 11) is 0. The number of aromatic hydroxyl groups is 1. The molecule has 0 unspecified atom stereocenters. The summed E-state index contributed by atoms with van der Waals surface area (Å²) in [6.45, 7) is 2.22. The fourth-order valence-corrected chi connectivity index (χ4v) is 3.32. The maximum Gasteiger partial charge on any atom is 0.281 e. The minimum atomic E-state index is -0.482. The van der Waals surface area contributed by atoms with Crippen LogP contribution in [0.3, 0.4) is 0 Å². The molecule has 27 heavy (non-hydrogen) atoms. The van der Waals surface area contributed by atoms with Crippen molar-refractivity contribution in [3.63, 3.8) is 0 Å². The summed E-state index contributed by atoms with van der Waals surface area (Å²) in [5.74, 6) is -0.180. The SMILES string of the molecule is CCOc1cccc(C=NNC(=O)c2cc3cc([N+](=O)[O-])ccc3s2)c1O. The fourth-order valence-electron chi connectivity index (χ4n) is 2.39. The van der Waals surface area contributed by atoms with Crippen LogP contribution in [0.5, 0.6) is 11.5 Å². The van der Waals surface area contributed by atoms with Gasteiger partial charge >= 0.3 is 0 Å². The molecule has 0 bridgehead atoms. The third-order valence-corrected chi connectivity index (χ3v) is 4.75. The minimum Gasteiger partial charge on any atom is -0.504 e. The van der Waals surface area contributed by atoms with Crippen molar-refractivity contribution < 1.29 is 19.6 Å². The van der Waals surface area contributed by atoms with E-state index in [-0.39, 0.29) is 11.4 Å². The Kier molecular flexibility index (Phi) is 5.32. The van der Waals surface area contributed by atoms with Gasteiger partial charge in [-0.3, -0.25) is 14.9 Å². The van der Waals surface area contributed by atoms with Crippen LogP contribution in [0.15, 0.2) is 47.6 Å². The third-order valence-electron chi connectivity index (χ3n) is 3.63. The summed E-state index contributed by atoms with van der Waals surface area (Å²) in [5, 5.41) is 25.4. The van der Waals surface area contributed by atoms with Gasteiger partial charge < -0.3 is 9.84 Å². The minimum absolute atomic E-state index is 0.0325. The third kappa shape index (κ3) is 4.04. The fraction of sp³-hybridized carbons (Fsp3) is 0.111. The summed E-state index contributed by atoms with van der Waals surface area (Å²) < 4.78 is 6.05. The van der Waals surface area contributed by atoms with Gasteiger partial charge in [-0.2, -0.15) is 5.10 Å². The summed E-state index contributed by atoms with van der Waals surface area (Å²) in [6.07, 6.45) is 1.31. The molecule has 0 aliphatic rings. The lowest BCUT2D eigenvalue weighted by molar-refractivity contribution is -0.384. The van der Waals surface area contributed by atoms with Crippen molar-refractivity contribution in [3.05, 3.63) is 63.0 Å². The number of fused-ring (bicyclic) bond motifs is 1. The number of carbonyl (C=O) groups excluding carboxylic acids is 1. The van der Waals surface area contributed by atoms with Crippen LogP contribution in [0.4, 0.5) is 5.69 Å². The van der Waals surface area contributed by atoms with Gasteiger partial charge in [0.1, 0.15) is 0 Å². The van der Waals surface area contributed by atoms with Crippen molar-refractivity contribution >= 4 is 39.2 Å². The number of non-ortho nitro benzene ring substituents is 1. The molecule has 0 radical (unpaired) electrons. The van der Waals surface area contributed by atoms with Gasteiger partial charge in [0.05, 0.1) is 22.6 Å². The van der Waals surface area contributed by atoms with E-state index in [4.69, 9.17) is 4.74 Å². The summed E-state index contributed by atoms with van der Waals surface area (Å²) in [4.78, 5) is 23.0. The second-order valence-corrected chi connectivity index (χ2v) is 6.50. The maximum atomic E-state index is 12.2. The number of phenols is 1. The molecule has 0 aliphatic heterocycles. The van der Waals surface area contributed by atoms with Crippen LogP contribution in [0.25, 0.3) is 10.1 Å². The lowest BCUT2D eigenvalue weighted by Gasteiger charge is -2.07. The van der Waals surface area contributed by atoms with Gasteiger partial charge in [-0.1, -0.05) is 6.07 Å². The summed E-state index contributed by atoms with van der Waals surface area (Å²) >= 11 is 1.21. The smallest absolute Gasteiger partial charge is 0.281 e. The van der Waals surface area contributed by atoms with Crippen LogP contribution in [0, 0.1) is 10.1 Å². The molecule has 1 heterocycles. The zero-order chi connectivity index (χ0) is 19.4. The molecule has 2 N–H and O–H groups in total. The number of hydrogen-bond donors (Lipinski definition) is 2. The molecule has 0 aliphatic carbocycles. The Hall–Kier alpha value is -3.46. The summed E-state index contributed by atoms with van der Waals surface area (Å²) in [6, 6.07) is 11.0. The molecular weight excluding hydrogens is 370 g/mol. The van der Waals surface area contributed by atoms with E-state index in [0.29, 0.717) is 28.2 Å². The number of nitrogens with one attached hydrogen (secondary N) is 1. The van der Waals surface area contributed by atoms with Gasteiger partial charge in [0.2, 0.25) is 0 Å². The maximum absolute atomic E-state index is 12.2. The molecule has 1 aromatic heterocycles. The highest BCUT2D eigenvalue weighted by Gasteiger charge is 2.13. The number of para-hydroxylation sites is 1. The second kappa shape index (κ2) is 7.83. The van der Waals surface area contributed by atoms with E-state index < -0.39 is 10.8 Å². The van der Waals surface area contributed by atoms with Gasteiger partial charge in [0.15, 0.2) is 11.5 Å². The molecule has 8 nitrogen and oxygen atoms in total. The number of nitro groups is 1. The number of hydrogen-bond acceptors (Lipinski definition) is 7. The first kappa shape index (κ1) is 18.3. The van der Waals surface area contributed by atoms with Crippen LogP contribution in [-0.2, 0) is 0 Å². The van der Waals surface area contributed by atoms with E-state index in [1.165, 1.54) is 29.7 Å².